The Kier molecular flexibility index (Phi) is 4.77. The van der Waals surface area contributed by atoms with Crippen LogP contribution in [0, 0.1) is 0 Å². The van der Waals surface area contributed by atoms with E-state index >= 15 is 0 Å². The van der Waals surface area contributed by atoms with Crippen molar-refractivity contribution in [3.63, 3.8) is 0 Å². The topological polar surface area (TPSA) is 25.4 Å². The normalized spacial score (nSPS) is 10.7. The molecule has 100 valence electrons. The summed E-state index contributed by atoms with van der Waals surface area (Å²) in [5.74, 6) is 0.920. The minimum atomic E-state index is 0.524. The van der Waals surface area contributed by atoms with Gasteiger partial charge < -0.3 is 4.74 Å². The molecular weight excluding hydrogens is 260 g/mol. The Balaban J connectivity index is 2.01. The first-order valence-electron chi connectivity index (χ1n) is 6.10. The van der Waals surface area contributed by atoms with Gasteiger partial charge in [-0.3, -0.25) is 4.90 Å². The van der Waals surface area contributed by atoms with E-state index in [2.05, 4.69) is 23.0 Å². The number of benzene rings is 1. The van der Waals surface area contributed by atoms with Gasteiger partial charge in [0.25, 0.3) is 0 Å². The summed E-state index contributed by atoms with van der Waals surface area (Å²) < 4.78 is 5.36. The zero-order valence-electron chi connectivity index (χ0n) is 11.1. The maximum Gasteiger partial charge on any atom is 0.129 e. The molecule has 0 aliphatic carbocycles. The molecule has 19 heavy (non-hydrogen) atoms. The Hall–Kier alpha value is -1.58. The summed E-state index contributed by atoms with van der Waals surface area (Å²) in [5, 5.41) is 0.524. The lowest BCUT2D eigenvalue weighted by Crippen LogP contribution is -2.17. The second-order valence-electron chi connectivity index (χ2n) is 4.47. The predicted molar refractivity (Wildman–Crippen MR) is 77.4 cm³/mol. The second-order valence-corrected chi connectivity index (χ2v) is 4.86. The third kappa shape index (κ3) is 3.94. The Bertz CT molecular complexity index is 528. The highest BCUT2D eigenvalue weighted by molar-refractivity contribution is 6.29. The Morgan fingerprint density at radius 1 is 1.16 bits per heavy atom. The van der Waals surface area contributed by atoms with E-state index in [-0.39, 0.29) is 0 Å². The van der Waals surface area contributed by atoms with Crippen molar-refractivity contribution in [3.05, 3.63) is 58.9 Å². The van der Waals surface area contributed by atoms with Crippen LogP contribution in [-0.2, 0) is 13.1 Å². The number of pyridine rings is 1. The summed E-state index contributed by atoms with van der Waals surface area (Å²) in [6.45, 7) is 1.65. The van der Waals surface area contributed by atoms with Crippen molar-refractivity contribution in [2.75, 3.05) is 14.2 Å². The molecule has 0 aliphatic rings. The lowest BCUT2D eigenvalue weighted by Gasteiger charge is -2.18. The van der Waals surface area contributed by atoms with Crippen molar-refractivity contribution in [1.29, 1.82) is 0 Å². The summed E-state index contributed by atoms with van der Waals surface area (Å²) in [4.78, 5) is 6.30. The number of nitrogens with zero attached hydrogens (tertiary/aromatic N) is 2. The minimum Gasteiger partial charge on any atom is -0.496 e. The molecule has 0 bridgehead atoms. The smallest absolute Gasteiger partial charge is 0.129 e. The molecule has 2 rings (SSSR count). The fourth-order valence-corrected chi connectivity index (χ4v) is 2.10. The quantitative estimate of drug-likeness (QED) is 0.783. The standard InChI is InChI=1S/C15H17ClN2O/c1-18(10-12-7-8-15(16)17-9-12)11-13-5-3-4-6-14(13)19-2/h3-9H,10-11H2,1-2H3. The van der Waals surface area contributed by atoms with Gasteiger partial charge in [0.15, 0.2) is 0 Å². The zero-order valence-corrected chi connectivity index (χ0v) is 11.9. The van der Waals surface area contributed by atoms with Gasteiger partial charge in [-0.1, -0.05) is 35.9 Å². The van der Waals surface area contributed by atoms with Crippen LogP contribution in [0.5, 0.6) is 5.75 Å². The molecule has 0 atom stereocenters. The van der Waals surface area contributed by atoms with Gasteiger partial charge in [0.1, 0.15) is 10.9 Å². The molecule has 3 nitrogen and oxygen atoms in total. The number of ether oxygens (including phenoxy) is 1. The highest BCUT2D eigenvalue weighted by Gasteiger charge is 2.06. The molecule has 0 unspecified atom stereocenters. The van der Waals surface area contributed by atoms with Crippen molar-refractivity contribution in [2.45, 2.75) is 13.1 Å². The van der Waals surface area contributed by atoms with Crippen LogP contribution in [0.3, 0.4) is 0 Å². The van der Waals surface area contributed by atoms with Gasteiger partial charge in [0, 0.05) is 24.8 Å². The van der Waals surface area contributed by atoms with Gasteiger partial charge >= 0.3 is 0 Å². The highest BCUT2D eigenvalue weighted by atomic mass is 35.5. The number of rotatable bonds is 5. The van der Waals surface area contributed by atoms with Gasteiger partial charge in [-0.15, -0.1) is 0 Å². The zero-order chi connectivity index (χ0) is 13.7. The van der Waals surface area contributed by atoms with E-state index in [0.29, 0.717) is 5.15 Å². The SMILES string of the molecule is COc1ccccc1CN(C)Cc1ccc(Cl)nc1. The summed E-state index contributed by atoms with van der Waals surface area (Å²) in [6, 6.07) is 11.9. The van der Waals surface area contributed by atoms with E-state index in [1.807, 2.05) is 30.3 Å². The van der Waals surface area contributed by atoms with Gasteiger partial charge in [0.2, 0.25) is 0 Å². The molecule has 1 heterocycles. The fraction of sp³-hybridized carbons (Fsp3) is 0.267. The van der Waals surface area contributed by atoms with Crippen molar-refractivity contribution in [1.82, 2.24) is 9.88 Å². The summed E-state index contributed by atoms with van der Waals surface area (Å²) in [7, 11) is 3.77. The fourth-order valence-electron chi connectivity index (χ4n) is 1.99. The van der Waals surface area contributed by atoms with Crippen LogP contribution < -0.4 is 4.74 Å². The molecule has 0 amide bonds. The largest absolute Gasteiger partial charge is 0.496 e. The molecule has 4 heteroatoms. The monoisotopic (exact) mass is 276 g/mol. The molecule has 0 saturated carbocycles. The van der Waals surface area contributed by atoms with Crippen LogP contribution in [-0.4, -0.2) is 24.0 Å². The van der Waals surface area contributed by atoms with Crippen LogP contribution in [0.4, 0.5) is 0 Å². The number of hydrogen-bond donors (Lipinski definition) is 0. The molecular formula is C15H17ClN2O. The summed E-state index contributed by atoms with van der Waals surface area (Å²) in [6.07, 6.45) is 1.81. The third-order valence-corrected chi connectivity index (χ3v) is 3.10. The number of para-hydroxylation sites is 1. The molecule has 0 saturated heterocycles. The highest BCUT2D eigenvalue weighted by Crippen LogP contribution is 2.19. The van der Waals surface area contributed by atoms with Crippen molar-refractivity contribution < 1.29 is 4.74 Å². The van der Waals surface area contributed by atoms with Crippen LogP contribution in [0.15, 0.2) is 42.6 Å². The first-order valence-corrected chi connectivity index (χ1v) is 6.47. The molecule has 0 radical (unpaired) electrons. The van der Waals surface area contributed by atoms with Crippen LogP contribution in [0.2, 0.25) is 5.15 Å². The van der Waals surface area contributed by atoms with E-state index in [1.54, 1.807) is 13.3 Å². The van der Waals surface area contributed by atoms with Gasteiger partial charge in [-0.2, -0.15) is 0 Å². The average Bonchev–Trinajstić information content (AvgIpc) is 2.42. The number of aromatic nitrogens is 1. The maximum absolute atomic E-state index is 5.78. The molecule has 1 aromatic carbocycles. The van der Waals surface area contributed by atoms with E-state index < -0.39 is 0 Å². The third-order valence-electron chi connectivity index (χ3n) is 2.87. The van der Waals surface area contributed by atoms with Gasteiger partial charge in [0.05, 0.1) is 7.11 Å². The van der Waals surface area contributed by atoms with Crippen molar-refractivity contribution >= 4 is 11.6 Å². The molecule has 0 spiro atoms. The van der Waals surface area contributed by atoms with Gasteiger partial charge in [-0.05, 0) is 24.7 Å². The average molecular weight is 277 g/mol. The van der Waals surface area contributed by atoms with Crippen molar-refractivity contribution in [3.8, 4) is 5.75 Å². The van der Waals surface area contributed by atoms with E-state index in [1.165, 1.54) is 5.56 Å². The number of hydrogen-bond acceptors (Lipinski definition) is 3. The van der Waals surface area contributed by atoms with Gasteiger partial charge in [-0.25, -0.2) is 4.98 Å². The van der Waals surface area contributed by atoms with E-state index in [4.69, 9.17) is 16.3 Å². The molecule has 2 aromatic rings. The van der Waals surface area contributed by atoms with Crippen LogP contribution >= 0.6 is 11.6 Å². The van der Waals surface area contributed by atoms with E-state index in [0.717, 1.165) is 24.4 Å². The van der Waals surface area contributed by atoms with E-state index in [9.17, 15) is 0 Å². The molecule has 0 N–H and O–H groups in total. The predicted octanol–water partition coefficient (Wildman–Crippen LogP) is 3.38. The molecule has 0 fully saturated rings. The summed E-state index contributed by atoms with van der Waals surface area (Å²) >= 11 is 5.78. The number of methoxy groups -OCH3 is 1. The van der Waals surface area contributed by atoms with Crippen molar-refractivity contribution in [2.24, 2.45) is 0 Å². The number of halogens is 1. The molecule has 1 aromatic heterocycles. The first kappa shape index (κ1) is 13.8. The minimum absolute atomic E-state index is 0.524. The Morgan fingerprint density at radius 2 is 1.95 bits per heavy atom. The lowest BCUT2D eigenvalue weighted by molar-refractivity contribution is 0.310. The van der Waals surface area contributed by atoms with Crippen LogP contribution in [0.1, 0.15) is 11.1 Å². The Morgan fingerprint density at radius 3 is 2.63 bits per heavy atom. The Labute approximate surface area is 118 Å². The summed E-state index contributed by atoms with van der Waals surface area (Å²) in [5.41, 5.74) is 2.32. The first-order chi connectivity index (χ1) is 9.19. The second kappa shape index (κ2) is 6.55. The van der Waals surface area contributed by atoms with Crippen LogP contribution in [0.25, 0.3) is 0 Å². The molecule has 0 aliphatic heterocycles. The maximum atomic E-state index is 5.78. The lowest BCUT2D eigenvalue weighted by atomic mass is 10.2.